The summed E-state index contributed by atoms with van der Waals surface area (Å²) in [6, 6.07) is 16.1. The number of halogens is 1. The highest BCUT2D eigenvalue weighted by molar-refractivity contribution is 5.64. The van der Waals surface area contributed by atoms with Gasteiger partial charge in [0, 0.05) is 11.8 Å². The van der Waals surface area contributed by atoms with E-state index >= 15 is 0 Å². The van der Waals surface area contributed by atoms with Crippen LogP contribution in [0.2, 0.25) is 0 Å². The molecule has 88 valence electrons. The zero-order valence-corrected chi connectivity index (χ0v) is 9.60. The minimum Gasteiger partial charge on any atom is -0.360 e. The summed E-state index contributed by atoms with van der Waals surface area (Å²) in [5.41, 5.74) is 3.59. The minimum atomic E-state index is -0.237. The normalized spacial score (nSPS) is 10.5. The molecule has 0 atom stereocenters. The first kappa shape index (κ1) is 10.7. The van der Waals surface area contributed by atoms with Gasteiger partial charge in [-0.2, -0.15) is 0 Å². The molecule has 0 radical (unpaired) electrons. The molecular weight excluding hydrogens is 227 g/mol. The monoisotopic (exact) mass is 238 g/mol. The summed E-state index contributed by atoms with van der Waals surface area (Å²) in [5.74, 6) is -0.237. The fourth-order valence-corrected chi connectivity index (χ4v) is 1.86. The van der Waals surface area contributed by atoms with Crippen molar-refractivity contribution in [3.8, 4) is 22.6 Å². The van der Waals surface area contributed by atoms with Crippen molar-refractivity contribution in [2.24, 2.45) is 0 Å². The Morgan fingerprint density at radius 3 is 2.33 bits per heavy atom. The van der Waals surface area contributed by atoms with Gasteiger partial charge in [-0.05, 0) is 48.5 Å². The van der Waals surface area contributed by atoms with E-state index in [0.29, 0.717) is 0 Å². The molecule has 0 aliphatic heterocycles. The van der Waals surface area contributed by atoms with Crippen LogP contribution < -0.4 is 0 Å². The Morgan fingerprint density at radius 2 is 1.61 bits per heavy atom. The van der Waals surface area contributed by atoms with E-state index in [0.717, 1.165) is 22.6 Å². The summed E-state index contributed by atoms with van der Waals surface area (Å²) in [5, 5.41) is 0. The second-order valence-electron chi connectivity index (χ2n) is 4.00. The second-order valence-corrected chi connectivity index (χ2v) is 4.00. The number of aromatic nitrogens is 2. The molecule has 0 bridgehead atoms. The maximum Gasteiger partial charge on any atom is 0.123 e. The Hall–Kier alpha value is -2.42. The molecule has 2 aromatic heterocycles. The molecule has 0 saturated carbocycles. The average molecular weight is 238 g/mol. The second kappa shape index (κ2) is 4.45. The maximum atomic E-state index is 12.9. The Balaban J connectivity index is 2.03. The molecule has 1 N–H and O–H groups in total. The molecule has 2 heterocycles. The van der Waals surface area contributed by atoms with Crippen LogP contribution in [0.5, 0.6) is 0 Å². The molecule has 0 spiro atoms. The van der Waals surface area contributed by atoms with Crippen molar-refractivity contribution < 1.29 is 4.39 Å². The SMILES string of the molecule is Fc1ccc(-c2cccc(-c3ccc[nH]3)n2)cc1. The molecule has 3 heteroatoms. The van der Waals surface area contributed by atoms with Crippen molar-refractivity contribution in [3.63, 3.8) is 0 Å². The number of nitrogens with one attached hydrogen (secondary N) is 1. The third-order valence-corrected chi connectivity index (χ3v) is 2.76. The molecular formula is C15H11FN2. The van der Waals surface area contributed by atoms with Crippen LogP contribution in [-0.2, 0) is 0 Å². The zero-order chi connectivity index (χ0) is 12.4. The number of H-pyrrole nitrogens is 1. The molecule has 1 aromatic carbocycles. The third-order valence-electron chi connectivity index (χ3n) is 2.76. The third kappa shape index (κ3) is 2.02. The highest BCUT2D eigenvalue weighted by atomic mass is 19.1. The first-order valence-corrected chi connectivity index (χ1v) is 5.70. The topological polar surface area (TPSA) is 28.7 Å². The van der Waals surface area contributed by atoms with Crippen molar-refractivity contribution >= 4 is 0 Å². The number of hydrogen-bond acceptors (Lipinski definition) is 1. The molecule has 0 amide bonds. The van der Waals surface area contributed by atoms with Gasteiger partial charge in [0.2, 0.25) is 0 Å². The molecule has 0 saturated heterocycles. The molecule has 0 unspecified atom stereocenters. The minimum absolute atomic E-state index is 0.237. The highest BCUT2D eigenvalue weighted by Gasteiger charge is 2.03. The lowest BCUT2D eigenvalue weighted by atomic mass is 10.1. The molecule has 3 rings (SSSR count). The largest absolute Gasteiger partial charge is 0.360 e. The van der Waals surface area contributed by atoms with E-state index in [1.165, 1.54) is 12.1 Å². The number of nitrogens with zero attached hydrogens (tertiary/aromatic N) is 1. The number of pyridine rings is 1. The lowest BCUT2D eigenvalue weighted by molar-refractivity contribution is 0.628. The van der Waals surface area contributed by atoms with Crippen LogP contribution in [0.4, 0.5) is 4.39 Å². The van der Waals surface area contributed by atoms with E-state index in [4.69, 9.17) is 0 Å². The molecule has 18 heavy (non-hydrogen) atoms. The van der Waals surface area contributed by atoms with Gasteiger partial charge in [0.1, 0.15) is 5.82 Å². The highest BCUT2D eigenvalue weighted by Crippen LogP contribution is 2.21. The first-order chi connectivity index (χ1) is 8.83. The van der Waals surface area contributed by atoms with Gasteiger partial charge in [-0.25, -0.2) is 9.37 Å². The van der Waals surface area contributed by atoms with Crippen LogP contribution in [0.25, 0.3) is 22.6 Å². The molecule has 3 aromatic rings. The van der Waals surface area contributed by atoms with Gasteiger partial charge >= 0.3 is 0 Å². The fourth-order valence-electron chi connectivity index (χ4n) is 1.86. The summed E-state index contributed by atoms with van der Waals surface area (Å²) in [6.07, 6.45) is 1.86. The first-order valence-electron chi connectivity index (χ1n) is 5.70. The fraction of sp³-hybridized carbons (Fsp3) is 0. The smallest absolute Gasteiger partial charge is 0.123 e. The summed E-state index contributed by atoms with van der Waals surface area (Å²) in [4.78, 5) is 7.68. The van der Waals surface area contributed by atoms with Crippen molar-refractivity contribution in [2.45, 2.75) is 0 Å². The van der Waals surface area contributed by atoms with E-state index in [2.05, 4.69) is 9.97 Å². The molecule has 2 nitrogen and oxygen atoms in total. The quantitative estimate of drug-likeness (QED) is 0.721. The van der Waals surface area contributed by atoms with Gasteiger partial charge in [0.05, 0.1) is 17.1 Å². The van der Waals surface area contributed by atoms with Gasteiger partial charge in [0.15, 0.2) is 0 Å². The Bertz CT molecular complexity index is 643. The van der Waals surface area contributed by atoms with Crippen LogP contribution in [0.3, 0.4) is 0 Å². The van der Waals surface area contributed by atoms with Crippen LogP contribution in [0, 0.1) is 5.82 Å². The van der Waals surface area contributed by atoms with Crippen molar-refractivity contribution in [2.75, 3.05) is 0 Å². The Kier molecular flexibility index (Phi) is 2.65. The maximum absolute atomic E-state index is 12.9. The standard InChI is InChI=1S/C15H11FN2/c16-12-8-6-11(7-9-12)13-3-1-4-15(18-13)14-5-2-10-17-14/h1-10,17H. The van der Waals surface area contributed by atoms with Gasteiger partial charge < -0.3 is 4.98 Å². The number of rotatable bonds is 2. The van der Waals surface area contributed by atoms with Gasteiger partial charge in [-0.15, -0.1) is 0 Å². The molecule has 0 fully saturated rings. The van der Waals surface area contributed by atoms with Crippen LogP contribution >= 0.6 is 0 Å². The van der Waals surface area contributed by atoms with Crippen LogP contribution in [-0.4, -0.2) is 9.97 Å². The summed E-state index contributed by atoms with van der Waals surface area (Å²) in [6.45, 7) is 0. The van der Waals surface area contributed by atoms with Gasteiger partial charge in [-0.1, -0.05) is 6.07 Å². The van der Waals surface area contributed by atoms with Gasteiger partial charge in [0.25, 0.3) is 0 Å². The summed E-state index contributed by atoms with van der Waals surface area (Å²) in [7, 11) is 0. The van der Waals surface area contributed by atoms with E-state index in [1.807, 2.05) is 36.5 Å². The zero-order valence-electron chi connectivity index (χ0n) is 9.60. The van der Waals surface area contributed by atoms with Crippen LogP contribution in [0.15, 0.2) is 60.8 Å². The molecule has 0 aliphatic carbocycles. The van der Waals surface area contributed by atoms with E-state index in [-0.39, 0.29) is 5.82 Å². The Labute approximate surface area is 104 Å². The predicted octanol–water partition coefficient (Wildman–Crippen LogP) is 3.88. The lowest BCUT2D eigenvalue weighted by Crippen LogP contribution is -1.88. The van der Waals surface area contributed by atoms with Crippen molar-refractivity contribution in [1.29, 1.82) is 0 Å². The summed E-state index contributed by atoms with van der Waals surface area (Å²) < 4.78 is 12.9. The van der Waals surface area contributed by atoms with E-state index in [9.17, 15) is 4.39 Å². The Morgan fingerprint density at radius 1 is 0.833 bits per heavy atom. The number of hydrogen-bond donors (Lipinski definition) is 1. The lowest BCUT2D eigenvalue weighted by Gasteiger charge is -2.03. The van der Waals surface area contributed by atoms with Crippen molar-refractivity contribution in [1.82, 2.24) is 9.97 Å². The van der Waals surface area contributed by atoms with Crippen LogP contribution in [0.1, 0.15) is 0 Å². The predicted molar refractivity (Wildman–Crippen MR) is 69.4 cm³/mol. The van der Waals surface area contributed by atoms with Gasteiger partial charge in [-0.3, -0.25) is 0 Å². The number of aromatic amines is 1. The average Bonchev–Trinajstić information content (AvgIpc) is 2.94. The summed E-state index contributed by atoms with van der Waals surface area (Å²) >= 11 is 0. The van der Waals surface area contributed by atoms with E-state index < -0.39 is 0 Å². The molecule has 0 aliphatic rings. The van der Waals surface area contributed by atoms with Crippen molar-refractivity contribution in [3.05, 3.63) is 66.6 Å². The van der Waals surface area contributed by atoms with E-state index in [1.54, 1.807) is 12.1 Å². The number of benzene rings is 1.